The highest BCUT2D eigenvalue weighted by atomic mass is 16.6. The molecule has 0 aliphatic heterocycles. The van der Waals surface area contributed by atoms with Crippen LogP contribution in [0.1, 0.15) is 22.4 Å². The molecule has 0 N–H and O–H groups in total. The van der Waals surface area contributed by atoms with E-state index in [1.54, 1.807) is 24.3 Å². The number of para-hydroxylation sites is 2. The van der Waals surface area contributed by atoms with Crippen LogP contribution >= 0.6 is 0 Å². The van der Waals surface area contributed by atoms with E-state index in [-0.39, 0.29) is 11.4 Å². The Morgan fingerprint density at radius 1 is 0.682 bits per heavy atom. The summed E-state index contributed by atoms with van der Waals surface area (Å²) in [5, 5.41) is 23.1. The normalized spacial score (nSPS) is 11.5. The van der Waals surface area contributed by atoms with Gasteiger partial charge in [0, 0.05) is 47.2 Å². The molecule has 0 amide bonds. The minimum Gasteiger partial charge on any atom is -0.276 e. The van der Waals surface area contributed by atoms with Crippen molar-refractivity contribution in [2.75, 3.05) is 0 Å². The predicted molar refractivity (Wildman–Crippen MR) is 169 cm³/mol. The van der Waals surface area contributed by atoms with Gasteiger partial charge in [-0.25, -0.2) is 15.0 Å². The van der Waals surface area contributed by atoms with Crippen LogP contribution < -0.4 is 0 Å². The number of hydrogen-bond donors (Lipinski definition) is 0. The van der Waals surface area contributed by atoms with Gasteiger partial charge in [0.2, 0.25) is 0 Å². The van der Waals surface area contributed by atoms with Crippen LogP contribution in [0.3, 0.4) is 0 Å². The first-order valence-electron chi connectivity index (χ1n) is 13.8. The Labute approximate surface area is 249 Å². The molecule has 0 unspecified atom stereocenters. The number of imidazole rings is 1. The summed E-state index contributed by atoms with van der Waals surface area (Å²) >= 11 is 0. The maximum Gasteiger partial charge on any atom is 0.269 e. The third-order valence-electron chi connectivity index (χ3n) is 7.44. The van der Waals surface area contributed by atoms with Gasteiger partial charge in [-0.1, -0.05) is 60.7 Å². The van der Waals surface area contributed by atoms with Gasteiger partial charge in [-0.3, -0.25) is 24.6 Å². The number of nitro groups is 2. The fourth-order valence-corrected chi connectivity index (χ4v) is 5.29. The summed E-state index contributed by atoms with van der Waals surface area (Å²) in [6.45, 7) is 0. The van der Waals surface area contributed by atoms with Crippen molar-refractivity contribution in [3.63, 3.8) is 0 Å². The third kappa shape index (κ3) is 4.90. The van der Waals surface area contributed by atoms with Gasteiger partial charge in [0.1, 0.15) is 5.65 Å². The van der Waals surface area contributed by atoms with E-state index < -0.39 is 9.85 Å². The molecule has 0 bridgehead atoms. The van der Waals surface area contributed by atoms with Crippen molar-refractivity contribution >= 4 is 51.2 Å². The Balaban J connectivity index is 1.47. The summed E-state index contributed by atoms with van der Waals surface area (Å²) in [5.74, 6) is 0.545. The summed E-state index contributed by atoms with van der Waals surface area (Å²) in [7, 11) is 0. The Hall–Kier alpha value is -6.29. The van der Waals surface area contributed by atoms with Crippen molar-refractivity contribution < 1.29 is 9.85 Å². The highest BCUT2D eigenvalue weighted by Gasteiger charge is 2.18. The van der Waals surface area contributed by atoms with Gasteiger partial charge in [0.15, 0.2) is 11.5 Å². The molecule has 0 saturated carbocycles. The summed E-state index contributed by atoms with van der Waals surface area (Å²) in [6, 6.07) is 32.4. The van der Waals surface area contributed by atoms with Gasteiger partial charge in [-0.2, -0.15) is 0 Å². The largest absolute Gasteiger partial charge is 0.276 e. The SMILES string of the molecule is O=[N+]([O-])c1ccc(/C=C/c2nc(-c3ccccc3)nc3c2cc(Cc2ccc([N+](=O)[O-])cc2)c2nc4ccccc4n23)cc1. The van der Waals surface area contributed by atoms with Gasteiger partial charge in [-0.05, 0) is 47.5 Å². The molecule has 0 radical (unpaired) electrons. The molecule has 44 heavy (non-hydrogen) atoms. The number of fused-ring (bicyclic) bond motifs is 5. The lowest BCUT2D eigenvalue weighted by Crippen LogP contribution is -2.03. The minimum absolute atomic E-state index is 0.0197. The first-order valence-corrected chi connectivity index (χ1v) is 13.8. The molecular formula is C34H22N6O4. The highest BCUT2D eigenvalue weighted by molar-refractivity contribution is 5.95. The lowest BCUT2D eigenvalue weighted by molar-refractivity contribution is -0.385. The van der Waals surface area contributed by atoms with Crippen LogP contribution in [0.25, 0.3) is 51.3 Å². The van der Waals surface area contributed by atoms with E-state index in [4.69, 9.17) is 15.0 Å². The Morgan fingerprint density at radius 2 is 1.34 bits per heavy atom. The van der Waals surface area contributed by atoms with E-state index in [1.807, 2.05) is 77.2 Å². The molecule has 3 heterocycles. The molecule has 7 aromatic rings. The van der Waals surface area contributed by atoms with Crippen LogP contribution in [0.15, 0.2) is 109 Å². The molecule has 0 aliphatic rings. The molecule has 0 fully saturated rings. The van der Waals surface area contributed by atoms with E-state index in [0.29, 0.717) is 23.6 Å². The molecule has 3 aromatic heterocycles. The molecule has 0 saturated heterocycles. The Morgan fingerprint density at radius 3 is 2.05 bits per heavy atom. The number of nitro benzene ring substituents is 2. The molecule has 10 nitrogen and oxygen atoms in total. The summed E-state index contributed by atoms with van der Waals surface area (Å²) in [5.41, 5.74) is 7.27. The molecule has 10 heteroatoms. The van der Waals surface area contributed by atoms with Crippen molar-refractivity contribution in [1.29, 1.82) is 0 Å². The second-order valence-corrected chi connectivity index (χ2v) is 10.2. The van der Waals surface area contributed by atoms with Gasteiger partial charge in [-0.15, -0.1) is 0 Å². The zero-order valence-electron chi connectivity index (χ0n) is 23.1. The van der Waals surface area contributed by atoms with Crippen molar-refractivity contribution in [2.24, 2.45) is 0 Å². The van der Waals surface area contributed by atoms with Gasteiger partial charge < -0.3 is 0 Å². The Kier molecular flexibility index (Phi) is 6.55. The monoisotopic (exact) mass is 578 g/mol. The number of nitrogens with zero attached hydrogens (tertiary/aromatic N) is 6. The third-order valence-corrected chi connectivity index (χ3v) is 7.44. The lowest BCUT2D eigenvalue weighted by Gasteiger charge is -2.12. The predicted octanol–water partition coefficient (Wildman–Crippen LogP) is 7.68. The quantitative estimate of drug-likeness (QED) is 0.140. The van der Waals surface area contributed by atoms with E-state index in [0.717, 1.165) is 44.3 Å². The maximum absolute atomic E-state index is 11.2. The molecule has 212 valence electrons. The second kappa shape index (κ2) is 10.8. The van der Waals surface area contributed by atoms with Crippen LogP contribution in [0, 0.1) is 20.2 Å². The van der Waals surface area contributed by atoms with Crippen LogP contribution in [-0.4, -0.2) is 29.2 Å². The van der Waals surface area contributed by atoms with E-state index in [1.165, 1.54) is 24.3 Å². The number of non-ortho nitro benzene ring substituents is 2. The summed E-state index contributed by atoms with van der Waals surface area (Å²) in [6.07, 6.45) is 4.23. The lowest BCUT2D eigenvalue weighted by atomic mass is 10.0. The minimum atomic E-state index is -0.426. The number of rotatable bonds is 7. The number of aromatic nitrogens is 4. The topological polar surface area (TPSA) is 129 Å². The zero-order valence-corrected chi connectivity index (χ0v) is 23.1. The van der Waals surface area contributed by atoms with Crippen molar-refractivity contribution in [2.45, 2.75) is 6.42 Å². The molecule has 0 spiro atoms. The molecule has 7 rings (SSSR count). The zero-order chi connectivity index (χ0) is 30.2. The fraction of sp³-hybridized carbons (Fsp3) is 0.0294. The average Bonchev–Trinajstić information content (AvgIpc) is 3.45. The molecule has 0 aliphatic carbocycles. The van der Waals surface area contributed by atoms with Crippen molar-refractivity contribution in [3.05, 3.63) is 152 Å². The summed E-state index contributed by atoms with van der Waals surface area (Å²) in [4.78, 5) is 36.5. The number of pyridine rings is 1. The van der Waals surface area contributed by atoms with Crippen LogP contribution in [0.5, 0.6) is 0 Å². The first-order chi connectivity index (χ1) is 21.4. The van der Waals surface area contributed by atoms with Crippen molar-refractivity contribution in [1.82, 2.24) is 19.4 Å². The molecular weight excluding hydrogens is 556 g/mol. The maximum atomic E-state index is 11.2. The van der Waals surface area contributed by atoms with Gasteiger partial charge >= 0.3 is 0 Å². The van der Waals surface area contributed by atoms with E-state index >= 15 is 0 Å². The van der Waals surface area contributed by atoms with Crippen molar-refractivity contribution in [3.8, 4) is 11.4 Å². The Bertz CT molecular complexity index is 2240. The van der Waals surface area contributed by atoms with Crippen LogP contribution in [0.4, 0.5) is 11.4 Å². The van der Waals surface area contributed by atoms with Gasteiger partial charge in [0.25, 0.3) is 11.4 Å². The average molecular weight is 579 g/mol. The number of hydrogen-bond acceptors (Lipinski definition) is 7. The standard InChI is InChI=1S/C34H22N6O4/c41-39(42)26-15-10-22(11-16-26)14-19-29-28-21-25(20-23-12-17-27(18-13-23)40(43)44)33-36-30-8-4-5-9-31(30)38(33)34(28)37-32(35-29)24-6-2-1-3-7-24/h1-19,21H,20H2/b19-14+. The van der Waals surface area contributed by atoms with Crippen LogP contribution in [-0.2, 0) is 6.42 Å². The molecule has 4 aromatic carbocycles. The summed E-state index contributed by atoms with van der Waals surface area (Å²) < 4.78 is 2.04. The molecule has 0 atom stereocenters. The second-order valence-electron chi connectivity index (χ2n) is 10.2. The van der Waals surface area contributed by atoms with Crippen LogP contribution in [0.2, 0.25) is 0 Å². The first kappa shape index (κ1) is 26.6. The van der Waals surface area contributed by atoms with E-state index in [9.17, 15) is 20.2 Å². The van der Waals surface area contributed by atoms with E-state index in [2.05, 4.69) is 0 Å². The smallest absolute Gasteiger partial charge is 0.269 e. The fourth-order valence-electron chi connectivity index (χ4n) is 5.29. The van der Waals surface area contributed by atoms with Gasteiger partial charge in [0.05, 0.1) is 26.6 Å². The number of benzene rings is 4. The highest BCUT2D eigenvalue weighted by Crippen LogP contribution is 2.31.